The van der Waals surface area contributed by atoms with Crippen molar-refractivity contribution in [1.29, 1.82) is 0 Å². The first-order valence-electron chi connectivity index (χ1n) is 15.1. The summed E-state index contributed by atoms with van der Waals surface area (Å²) in [6.45, 7) is 10.6. The van der Waals surface area contributed by atoms with Crippen molar-refractivity contribution < 1.29 is 23.7 Å². The van der Waals surface area contributed by atoms with Crippen molar-refractivity contribution in [3.8, 4) is 11.5 Å². The molecule has 222 valence electrons. The average Bonchev–Trinajstić information content (AvgIpc) is 2.98. The fourth-order valence-corrected chi connectivity index (χ4v) is 5.70. The van der Waals surface area contributed by atoms with E-state index in [2.05, 4.69) is 66.7 Å². The molecule has 4 aromatic rings. The summed E-state index contributed by atoms with van der Waals surface area (Å²) in [6.07, 6.45) is 3.34. The van der Waals surface area contributed by atoms with Gasteiger partial charge in [0.15, 0.2) is 6.79 Å². The van der Waals surface area contributed by atoms with Crippen molar-refractivity contribution in [2.24, 2.45) is 5.92 Å². The van der Waals surface area contributed by atoms with E-state index < -0.39 is 5.60 Å². The van der Waals surface area contributed by atoms with E-state index >= 15 is 0 Å². The summed E-state index contributed by atoms with van der Waals surface area (Å²) in [5.74, 6) is 2.26. The van der Waals surface area contributed by atoms with Crippen LogP contribution in [-0.2, 0) is 15.9 Å². The van der Waals surface area contributed by atoms with Crippen LogP contribution in [-0.4, -0.2) is 49.7 Å². The van der Waals surface area contributed by atoms with Gasteiger partial charge in [-0.3, -0.25) is 0 Å². The third-order valence-electron chi connectivity index (χ3n) is 7.90. The molecule has 0 unspecified atom stereocenters. The highest BCUT2D eigenvalue weighted by Crippen LogP contribution is 2.36. The summed E-state index contributed by atoms with van der Waals surface area (Å²) in [5, 5.41) is 4.72. The molecule has 1 saturated heterocycles. The van der Waals surface area contributed by atoms with Crippen LogP contribution in [0.4, 0.5) is 4.79 Å². The highest BCUT2D eigenvalue weighted by atomic mass is 16.7. The van der Waals surface area contributed by atoms with Crippen LogP contribution in [0.1, 0.15) is 58.1 Å². The number of ether oxygens (including phenoxy) is 4. The Morgan fingerprint density at radius 1 is 0.810 bits per heavy atom. The van der Waals surface area contributed by atoms with Gasteiger partial charge >= 0.3 is 6.09 Å². The molecule has 0 N–H and O–H groups in total. The van der Waals surface area contributed by atoms with Gasteiger partial charge in [-0.25, -0.2) is 4.79 Å². The van der Waals surface area contributed by atoms with Crippen molar-refractivity contribution in [1.82, 2.24) is 4.90 Å². The topological polar surface area (TPSA) is 57.2 Å². The summed E-state index contributed by atoms with van der Waals surface area (Å²) < 4.78 is 23.7. The number of nitrogens with zero attached hydrogens (tertiary/aromatic N) is 1. The minimum Gasteiger partial charge on any atom is -0.493 e. The highest BCUT2D eigenvalue weighted by Gasteiger charge is 2.27. The van der Waals surface area contributed by atoms with Crippen molar-refractivity contribution in [2.45, 2.75) is 59.0 Å². The van der Waals surface area contributed by atoms with Crippen molar-refractivity contribution in [3.05, 3.63) is 83.9 Å². The average molecular weight is 570 g/mol. The molecule has 42 heavy (non-hydrogen) atoms. The molecule has 1 fully saturated rings. The summed E-state index contributed by atoms with van der Waals surface area (Å²) in [4.78, 5) is 14.3. The fourth-order valence-electron chi connectivity index (χ4n) is 5.70. The molecule has 0 spiro atoms. The summed E-state index contributed by atoms with van der Waals surface area (Å²) in [5.41, 5.74) is 1.82. The van der Waals surface area contributed by atoms with E-state index in [1.165, 1.54) is 21.5 Å². The largest absolute Gasteiger partial charge is 0.493 e. The number of amides is 1. The molecular formula is C36H43NO5. The molecule has 0 saturated carbocycles. The van der Waals surface area contributed by atoms with Crippen molar-refractivity contribution in [2.75, 3.05) is 33.1 Å². The van der Waals surface area contributed by atoms with E-state index in [0.717, 1.165) is 55.0 Å². The number of piperidine rings is 1. The Morgan fingerprint density at radius 2 is 1.38 bits per heavy atom. The van der Waals surface area contributed by atoms with Gasteiger partial charge in [-0.1, -0.05) is 60.7 Å². The van der Waals surface area contributed by atoms with Crippen molar-refractivity contribution >= 4 is 27.6 Å². The lowest BCUT2D eigenvalue weighted by Crippen LogP contribution is -2.41. The molecule has 0 atom stereocenters. The maximum absolute atomic E-state index is 12.5. The van der Waals surface area contributed by atoms with E-state index in [9.17, 15) is 4.79 Å². The Kier molecular flexibility index (Phi) is 9.53. The first-order valence-corrected chi connectivity index (χ1v) is 15.1. The second kappa shape index (κ2) is 13.5. The quantitative estimate of drug-likeness (QED) is 0.142. The maximum Gasteiger partial charge on any atom is 0.410 e. The van der Waals surface area contributed by atoms with Gasteiger partial charge in [-0.2, -0.15) is 0 Å². The number of carbonyl (C=O) groups excluding carboxylic acids is 1. The predicted octanol–water partition coefficient (Wildman–Crippen LogP) is 8.37. The molecule has 1 amide bonds. The zero-order valence-electron chi connectivity index (χ0n) is 25.4. The molecule has 0 radical (unpaired) electrons. The van der Waals surface area contributed by atoms with Crippen LogP contribution in [0.5, 0.6) is 11.5 Å². The van der Waals surface area contributed by atoms with Gasteiger partial charge in [0.25, 0.3) is 0 Å². The summed E-state index contributed by atoms with van der Waals surface area (Å²) in [7, 11) is 0. The Hall–Kier alpha value is -3.77. The van der Waals surface area contributed by atoms with E-state index in [4.69, 9.17) is 18.9 Å². The van der Waals surface area contributed by atoms with Gasteiger partial charge in [-0.15, -0.1) is 0 Å². The molecule has 1 aliphatic rings. The van der Waals surface area contributed by atoms with Crippen LogP contribution in [0.2, 0.25) is 0 Å². The minimum atomic E-state index is -0.471. The standard InChI is InChI=1S/C36H43NO5/c1-5-39-25-41-34-17-15-28-11-7-9-13-30(28)32(34)24-31-29-12-8-6-10-27(29)14-16-33(31)40-23-20-26-18-21-37(22-19-26)35(38)42-36(2,3)4/h6-17,26H,5,18-25H2,1-4H3. The molecule has 1 heterocycles. The fraction of sp³-hybridized carbons (Fsp3) is 0.417. The third kappa shape index (κ3) is 7.35. The van der Waals surface area contributed by atoms with Gasteiger partial charge in [0, 0.05) is 37.2 Å². The Bertz CT molecular complexity index is 1500. The second-order valence-corrected chi connectivity index (χ2v) is 12.0. The van der Waals surface area contributed by atoms with Crippen LogP contribution in [0.3, 0.4) is 0 Å². The number of hydrogen-bond donors (Lipinski definition) is 0. The van der Waals surface area contributed by atoms with Gasteiger partial charge < -0.3 is 23.8 Å². The zero-order chi connectivity index (χ0) is 29.5. The third-order valence-corrected chi connectivity index (χ3v) is 7.90. The van der Waals surface area contributed by atoms with Gasteiger partial charge in [0.2, 0.25) is 0 Å². The first-order chi connectivity index (χ1) is 20.3. The van der Waals surface area contributed by atoms with E-state index in [1.807, 2.05) is 38.7 Å². The molecule has 6 heteroatoms. The van der Waals surface area contributed by atoms with Gasteiger partial charge in [0.1, 0.15) is 17.1 Å². The number of rotatable bonds is 10. The van der Waals surface area contributed by atoms with Crippen molar-refractivity contribution in [3.63, 3.8) is 0 Å². The molecule has 6 nitrogen and oxygen atoms in total. The SMILES string of the molecule is CCOCOc1ccc2ccccc2c1Cc1c(OCCC2CCN(C(=O)OC(C)(C)C)CC2)ccc2ccccc12. The van der Waals surface area contributed by atoms with Gasteiger partial charge in [0.05, 0.1) is 6.61 Å². The van der Waals surface area contributed by atoms with Crippen LogP contribution in [0.15, 0.2) is 72.8 Å². The summed E-state index contributed by atoms with van der Waals surface area (Å²) in [6, 6.07) is 25.3. The summed E-state index contributed by atoms with van der Waals surface area (Å²) >= 11 is 0. The predicted molar refractivity (Wildman–Crippen MR) is 168 cm³/mol. The number of fused-ring (bicyclic) bond motifs is 2. The number of carbonyl (C=O) groups is 1. The van der Waals surface area contributed by atoms with Crippen LogP contribution >= 0.6 is 0 Å². The molecule has 1 aliphatic heterocycles. The first kappa shape index (κ1) is 29.7. The molecule has 0 bridgehead atoms. The number of likely N-dealkylation sites (tertiary alicyclic amines) is 1. The molecular weight excluding hydrogens is 526 g/mol. The zero-order valence-corrected chi connectivity index (χ0v) is 25.4. The Balaban J connectivity index is 1.33. The van der Waals surface area contributed by atoms with E-state index in [-0.39, 0.29) is 12.9 Å². The monoisotopic (exact) mass is 569 g/mol. The van der Waals surface area contributed by atoms with Crippen LogP contribution in [0, 0.1) is 5.92 Å². The minimum absolute atomic E-state index is 0.212. The maximum atomic E-state index is 12.5. The second-order valence-electron chi connectivity index (χ2n) is 12.0. The highest BCUT2D eigenvalue weighted by molar-refractivity contribution is 5.91. The van der Waals surface area contributed by atoms with Crippen LogP contribution < -0.4 is 9.47 Å². The lowest BCUT2D eigenvalue weighted by atomic mass is 9.93. The number of hydrogen-bond acceptors (Lipinski definition) is 5. The lowest BCUT2D eigenvalue weighted by molar-refractivity contribution is 0.0176. The molecule has 0 aromatic heterocycles. The van der Waals surface area contributed by atoms with E-state index in [1.54, 1.807) is 0 Å². The molecule has 5 rings (SSSR count). The number of benzene rings is 4. The smallest absolute Gasteiger partial charge is 0.410 e. The van der Waals surface area contributed by atoms with Gasteiger partial charge in [-0.05, 0) is 86.6 Å². The normalized spacial score (nSPS) is 14.3. The molecule has 0 aliphatic carbocycles. The molecule has 4 aromatic carbocycles. The van der Waals surface area contributed by atoms with Crippen LogP contribution in [0.25, 0.3) is 21.5 Å². The van der Waals surface area contributed by atoms with E-state index in [0.29, 0.717) is 25.6 Å². The Labute approximate surface area is 249 Å². The Morgan fingerprint density at radius 3 is 1.95 bits per heavy atom. The lowest BCUT2D eigenvalue weighted by Gasteiger charge is -2.33.